The monoisotopic (exact) mass is 527 g/mol. The molecule has 1 N–H and O–H groups in total. The summed E-state index contributed by atoms with van der Waals surface area (Å²) in [6, 6.07) is 6.64. The fourth-order valence-corrected chi connectivity index (χ4v) is 6.83. The predicted octanol–water partition coefficient (Wildman–Crippen LogP) is 2.01. The summed E-state index contributed by atoms with van der Waals surface area (Å²) in [7, 11) is -3.69. The lowest BCUT2D eigenvalue weighted by Gasteiger charge is -2.41. The summed E-state index contributed by atoms with van der Waals surface area (Å²) in [6.07, 6.45) is 2.44. The molecular weight excluding hydrogens is 501 g/mol. The molecule has 3 aliphatic heterocycles. The number of likely N-dealkylation sites (tertiary alicyclic amines) is 1. The van der Waals surface area contributed by atoms with Crippen molar-refractivity contribution in [3.05, 3.63) is 33.8 Å². The highest BCUT2D eigenvalue weighted by atomic mass is 35.5. The van der Waals surface area contributed by atoms with Crippen molar-refractivity contribution < 1.29 is 18.0 Å². The molecule has 0 aliphatic carbocycles. The van der Waals surface area contributed by atoms with Crippen LogP contribution in [0.4, 0.5) is 0 Å². The zero-order chi connectivity index (χ0) is 24.5. The number of piperidine rings is 1. The van der Waals surface area contributed by atoms with Crippen molar-refractivity contribution >= 4 is 45.2 Å². The van der Waals surface area contributed by atoms with Crippen molar-refractivity contribution in [2.24, 2.45) is 11.8 Å². The number of carbonyl (C=O) groups is 2. The van der Waals surface area contributed by atoms with Crippen LogP contribution in [0.1, 0.15) is 31.2 Å². The maximum atomic E-state index is 13.3. The minimum Gasteiger partial charge on any atom is -0.350 e. The molecule has 2 amide bonds. The molecule has 0 bridgehead atoms. The maximum absolute atomic E-state index is 13.3. The van der Waals surface area contributed by atoms with E-state index in [1.165, 1.54) is 8.61 Å². The van der Waals surface area contributed by atoms with E-state index in [0.717, 1.165) is 5.56 Å². The highest BCUT2D eigenvalue weighted by Gasteiger charge is 2.44. The largest absolute Gasteiger partial charge is 0.350 e. The molecule has 0 radical (unpaired) electrons. The van der Waals surface area contributed by atoms with E-state index >= 15 is 0 Å². The van der Waals surface area contributed by atoms with Gasteiger partial charge in [0.2, 0.25) is 11.8 Å². The SMILES string of the molecule is N#CC1CN(S(=O)(=O)N2CCC[C@H](C(=O)N3CCC[C@@H]3C(=O)NCc3ccc(Cl)c(Cl)c3)C2)C1. The molecule has 3 aliphatic rings. The van der Waals surface area contributed by atoms with Crippen LogP contribution in [-0.4, -0.2) is 72.5 Å². The summed E-state index contributed by atoms with van der Waals surface area (Å²) in [4.78, 5) is 27.8. The third-order valence-corrected chi connectivity index (χ3v) is 9.38. The zero-order valence-corrected chi connectivity index (χ0v) is 20.9. The van der Waals surface area contributed by atoms with Crippen LogP contribution in [0.15, 0.2) is 18.2 Å². The molecular formula is C22H27Cl2N5O4S. The van der Waals surface area contributed by atoms with E-state index in [1.807, 2.05) is 0 Å². The Labute approximate surface area is 209 Å². The molecule has 0 unspecified atom stereocenters. The van der Waals surface area contributed by atoms with Gasteiger partial charge in [-0.25, -0.2) is 0 Å². The molecule has 3 heterocycles. The lowest BCUT2D eigenvalue weighted by Crippen LogP contribution is -2.57. The first-order chi connectivity index (χ1) is 16.2. The Morgan fingerprint density at radius 3 is 2.50 bits per heavy atom. The number of carbonyl (C=O) groups excluding carboxylic acids is 2. The molecule has 34 heavy (non-hydrogen) atoms. The van der Waals surface area contributed by atoms with Crippen molar-refractivity contribution in [1.29, 1.82) is 5.26 Å². The van der Waals surface area contributed by atoms with Gasteiger partial charge in [-0.2, -0.15) is 22.3 Å². The van der Waals surface area contributed by atoms with Gasteiger partial charge in [0.05, 0.1) is 28.0 Å². The fourth-order valence-electron chi connectivity index (χ4n) is 4.72. The van der Waals surface area contributed by atoms with E-state index in [2.05, 4.69) is 11.4 Å². The van der Waals surface area contributed by atoms with Crippen molar-refractivity contribution in [2.75, 3.05) is 32.7 Å². The molecule has 1 aromatic rings. The second-order valence-corrected chi connectivity index (χ2v) is 11.7. The van der Waals surface area contributed by atoms with Crippen LogP contribution in [0.5, 0.6) is 0 Å². The molecule has 3 fully saturated rings. The zero-order valence-electron chi connectivity index (χ0n) is 18.6. The molecule has 0 saturated carbocycles. The average Bonchev–Trinajstić information content (AvgIpc) is 3.28. The van der Waals surface area contributed by atoms with Crippen LogP contribution in [0, 0.1) is 23.2 Å². The third kappa shape index (κ3) is 5.19. The molecule has 12 heteroatoms. The Morgan fingerprint density at radius 1 is 1.06 bits per heavy atom. The molecule has 184 valence electrons. The number of rotatable bonds is 6. The van der Waals surface area contributed by atoms with Crippen LogP contribution in [0.2, 0.25) is 10.0 Å². The Morgan fingerprint density at radius 2 is 1.79 bits per heavy atom. The molecule has 3 saturated heterocycles. The first kappa shape index (κ1) is 25.2. The first-order valence-electron chi connectivity index (χ1n) is 11.4. The second-order valence-electron chi connectivity index (χ2n) is 9.00. The number of hydrogen-bond donors (Lipinski definition) is 1. The normalized spacial score (nSPS) is 24.4. The Kier molecular flexibility index (Phi) is 7.69. The molecule has 2 atom stereocenters. The van der Waals surface area contributed by atoms with Crippen molar-refractivity contribution in [1.82, 2.24) is 18.8 Å². The Balaban J connectivity index is 1.36. The molecule has 1 aromatic carbocycles. The average molecular weight is 528 g/mol. The number of nitrogens with one attached hydrogen (secondary N) is 1. The molecule has 4 rings (SSSR count). The summed E-state index contributed by atoms with van der Waals surface area (Å²) in [5, 5.41) is 12.7. The Hall–Kier alpha value is -1.90. The minimum atomic E-state index is -3.69. The van der Waals surface area contributed by atoms with Crippen LogP contribution in [0.25, 0.3) is 0 Å². The molecule has 0 spiro atoms. The number of nitrogens with zero attached hydrogens (tertiary/aromatic N) is 4. The van der Waals surface area contributed by atoms with Gasteiger partial charge in [-0.15, -0.1) is 0 Å². The third-order valence-electron chi connectivity index (χ3n) is 6.71. The van der Waals surface area contributed by atoms with Gasteiger partial charge in [0.1, 0.15) is 6.04 Å². The van der Waals surface area contributed by atoms with Crippen LogP contribution >= 0.6 is 23.2 Å². The minimum absolute atomic E-state index is 0.100. The lowest BCUT2D eigenvalue weighted by atomic mass is 9.97. The molecule has 0 aromatic heterocycles. The van der Waals surface area contributed by atoms with Crippen molar-refractivity contribution in [3.8, 4) is 6.07 Å². The Bertz CT molecular complexity index is 1100. The topological polar surface area (TPSA) is 114 Å². The van der Waals surface area contributed by atoms with Gasteiger partial charge in [-0.1, -0.05) is 29.3 Å². The van der Waals surface area contributed by atoms with E-state index in [9.17, 15) is 18.0 Å². The highest BCUT2D eigenvalue weighted by Crippen LogP contribution is 2.29. The van der Waals surface area contributed by atoms with E-state index in [-0.39, 0.29) is 43.9 Å². The van der Waals surface area contributed by atoms with Gasteiger partial charge in [0.25, 0.3) is 10.2 Å². The maximum Gasteiger partial charge on any atom is 0.282 e. The van der Waals surface area contributed by atoms with E-state index in [1.54, 1.807) is 23.1 Å². The number of hydrogen-bond acceptors (Lipinski definition) is 5. The van der Waals surface area contributed by atoms with Crippen LogP contribution < -0.4 is 5.32 Å². The van der Waals surface area contributed by atoms with E-state index < -0.39 is 22.2 Å². The van der Waals surface area contributed by atoms with Gasteiger partial charge in [0.15, 0.2) is 0 Å². The number of halogens is 2. The fraction of sp³-hybridized carbons (Fsp3) is 0.591. The van der Waals surface area contributed by atoms with E-state index in [0.29, 0.717) is 48.8 Å². The summed E-state index contributed by atoms with van der Waals surface area (Å²) >= 11 is 12.0. The van der Waals surface area contributed by atoms with Crippen LogP contribution in [-0.2, 0) is 26.3 Å². The van der Waals surface area contributed by atoms with Gasteiger partial charge in [-0.3, -0.25) is 9.59 Å². The summed E-state index contributed by atoms with van der Waals surface area (Å²) in [5.41, 5.74) is 0.802. The van der Waals surface area contributed by atoms with Crippen molar-refractivity contribution in [2.45, 2.75) is 38.3 Å². The summed E-state index contributed by atoms with van der Waals surface area (Å²) in [5.74, 6) is -1.17. The molecule has 9 nitrogen and oxygen atoms in total. The predicted molar refractivity (Wildman–Crippen MR) is 127 cm³/mol. The first-order valence-corrected chi connectivity index (χ1v) is 13.5. The van der Waals surface area contributed by atoms with Gasteiger partial charge < -0.3 is 10.2 Å². The number of nitriles is 1. The van der Waals surface area contributed by atoms with Crippen LogP contribution in [0.3, 0.4) is 0 Å². The number of benzene rings is 1. The van der Waals surface area contributed by atoms with E-state index in [4.69, 9.17) is 28.5 Å². The van der Waals surface area contributed by atoms with Gasteiger partial charge in [-0.05, 0) is 43.4 Å². The summed E-state index contributed by atoms with van der Waals surface area (Å²) in [6.45, 7) is 1.59. The number of amides is 2. The highest BCUT2D eigenvalue weighted by molar-refractivity contribution is 7.86. The van der Waals surface area contributed by atoms with Gasteiger partial charge >= 0.3 is 0 Å². The smallest absolute Gasteiger partial charge is 0.282 e. The van der Waals surface area contributed by atoms with Gasteiger partial charge in [0, 0.05) is 39.3 Å². The van der Waals surface area contributed by atoms with Crippen molar-refractivity contribution in [3.63, 3.8) is 0 Å². The summed E-state index contributed by atoms with van der Waals surface area (Å²) < 4.78 is 28.4. The lowest BCUT2D eigenvalue weighted by molar-refractivity contribution is -0.142. The standard InChI is InChI=1S/C22H27Cl2N5O4S/c23-18-6-5-15(9-19(18)24)11-26-21(30)20-4-2-8-29(20)22(31)17-3-1-7-27(14-17)34(32,33)28-12-16(10-25)13-28/h5-6,9,16-17,20H,1-4,7-8,11-14H2,(H,26,30)/t17-,20+/m0/s1. The second kappa shape index (κ2) is 10.4. The quantitative estimate of drug-likeness (QED) is 0.607.